The summed E-state index contributed by atoms with van der Waals surface area (Å²) in [6.45, 7) is 7.56. The molecule has 4 rings (SSSR count). The Morgan fingerprint density at radius 1 is 1.13 bits per heavy atom. The van der Waals surface area contributed by atoms with Crippen LogP contribution in [0.5, 0.6) is 0 Å². The molecule has 1 aliphatic heterocycles. The van der Waals surface area contributed by atoms with Crippen LogP contribution in [0.15, 0.2) is 48.5 Å². The van der Waals surface area contributed by atoms with Gasteiger partial charge in [-0.1, -0.05) is 61.0 Å². The number of likely N-dealkylation sites (N-methyl/N-ethyl adjacent to an activating group) is 1. The highest BCUT2D eigenvalue weighted by Gasteiger charge is 2.53. The molecule has 2 nitrogen and oxygen atoms in total. The maximum Gasteiger partial charge on any atom is 0.118 e. The van der Waals surface area contributed by atoms with E-state index in [9.17, 15) is 5.11 Å². The van der Waals surface area contributed by atoms with Crippen LogP contribution in [0.1, 0.15) is 41.5 Å². The van der Waals surface area contributed by atoms with Crippen molar-refractivity contribution in [1.82, 2.24) is 4.90 Å². The Kier molecular flexibility index (Phi) is 3.55. The first-order valence-corrected chi connectivity index (χ1v) is 8.76. The molecule has 1 heterocycles. The molecule has 23 heavy (non-hydrogen) atoms. The lowest BCUT2D eigenvalue weighted by Crippen LogP contribution is -2.44. The number of hydrogen-bond donors (Lipinski definition) is 1. The Hall–Kier alpha value is -1.64. The van der Waals surface area contributed by atoms with Gasteiger partial charge in [0.2, 0.25) is 0 Å². The molecule has 2 aliphatic rings. The highest BCUT2D eigenvalue weighted by molar-refractivity contribution is 5.50. The summed E-state index contributed by atoms with van der Waals surface area (Å²) in [6.07, 6.45) is 1.05. The summed E-state index contributed by atoms with van der Waals surface area (Å²) < 4.78 is 0. The van der Waals surface area contributed by atoms with Crippen LogP contribution >= 0.6 is 0 Å². The third-order valence-electron chi connectivity index (χ3n) is 5.94. The molecule has 1 unspecified atom stereocenters. The molecule has 0 radical (unpaired) electrons. The van der Waals surface area contributed by atoms with Crippen molar-refractivity contribution in [2.45, 2.75) is 31.8 Å². The summed E-state index contributed by atoms with van der Waals surface area (Å²) in [5, 5.41) is 11.8. The summed E-state index contributed by atoms with van der Waals surface area (Å²) in [5.41, 5.74) is 3.92. The second-order valence-corrected chi connectivity index (χ2v) is 7.11. The van der Waals surface area contributed by atoms with E-state index in [4.69, 9.17) is 0 Å². The number of benzene rings is 2. The fourth-order valence-corrected chi connectivity index (χ4v) is 4.67. The van der Waals surface area contributed by atoms with E-state index in [-0.39, 0.29) is 5.92 Å². The van der Waals surface area contributed by atoms with Crippen molar-refractivity contribution in [3.8, 4) is 0 Å². The molecular formula is C21H25NO. The molecule has 3 atom stereocenters. The minimum Gasteiger partial charge on any atom is -0.380 e. The van der Waals surface area contributed by atoms with Crippen molar-refractivity contribution >= 4 is 0 Å². The zero-order valence-corrected chi connectivity index (χ0v) is 14.0. The first-order chi connectivity index (χ1) is 11.1. The Balaban J connectivity index is 1.85. The van der Waals surface area contributed by atoms with Crippen molar-refractivity contribution in [3.05, 3.63) is 70.8 Å². The highest BCUT2D eigenvalue weighted by Crippen LogP contribution is 2.55. The molecule has 0 bridgehead atoms. The normalized spacial score (nSPS) is 30.0. The van der Waals surface area contributed by atoms with Gasteiger partial charge >= 0.3 is 0 Å². The summed E-state index contributed by atoms with van der Waals surface area (Å²) in [5.74, 6) is 0.719. The second kappa shape index (κ2) is 5.47. The smallest absolute Gasteiger partial charge is 0.118 e. The highest BCUT2D eigenvalue weighted by atomic mass is 16.3. The molecule has 0 saturated carbocycles. The predicted octanol–water partition coefficient (Wildman–Crippen LogP) is 3.67. The van der Waals surface area contributed by atoms with Gasteiger partial charge in [0.1, 0.15) is 5.60 Å². The molecule has 2 aromatic rings. The third-order valence-corrected chi connectivity index (χ3v) is 5.94. The maximum absolute atomic E-state index is 11.8. The molecule has 120 valence electrons. The SMILES string of the molecule is CCN1CC[C@@H]2[C@H](C1)c1ccccc1C2(O)c1ccc(C)cc1. The average Bonchev–Trinajstić information content (AvgIpc) is 2.86. The van der Waals surface area contributed by atoms with Gasteiger partial charge < -0.3 is 10.0 Å². The van der Waals surface area contributed by atoms with Crippen molar-refractivity contribution < 1.29 is 5.11 Å². The van der Waals surface area contributed by atoms with Crippen molar-refractivity contribution in [3.63, 3.8) is 0 Å². The van der Waals surface area contributed by atoms with Crippen LogP contribution in [0.25, 0.3) is 0 Å². The van der Waals surface area contributed by atoms with Crippen LogP contribution in [0.4, 0.5) is 0 Å². The van der Waals surface area contributed by atoms with E-state index in [1.807, 2.05) is 0 Å². The first-order valence-electron chi connectivity index (χ1n) is 8.76. The lowest BCUT2D eigenvalue weighted by atomic mass is 9.74. The first kappa shape index (κ1) is 14.9. The van der Waals surface area contributed by atoms with Gasteiger partial charge in [0.25, 0.3) is 0 Å². The number of aryl methyl sites for hydroxylation is 1. The molecule has 0 amide bonds. The van der Waals surface area contributed by atoms with Crippen molar-refractivity contribution in [2.24, 2.45) is 5.92 Å². The Morgan fingerprint density at radius 3 is 2.61 bits per heavy atom. The van der Waals surface area contributed by atoms with E-state index < -0.39 is 5.60 Å². The van der Waals surface area contributed by atoms with Gasteiger partial charge in [0.15, 0.2) is 0 Å². The van der Waals surface area contributed by atoms with Gasteiger partial charge in [-0.3, -0.25) is 0 Å². The topological polar surface area (TPSA) is 23.5 Å². The van der Waals surface area contributed by atoms with Crippen molar-refractivity contribution in [2.75, 3.05) is 19.6 Å². The third kappa shape index (κ3) is 2.16. The lowest BCUT2D eigenvalue weighted by molar-refractivity contribution is -0.00739. The largest absolute Gasteiger partial charge is 0.380 e. The summed E-state index contributed by atoms with van der Waals surface area (Å²) in [6, 6.07) is 17.0. The second-order valence-electron chi connectivity index (χ2n) is 7.11. The van der Waals surface area contributed by atoms with Gasteiger partial charge in [-0.05, 0) is 43.1 Å². The van der Waals surface area contributed by atoms with Crippen LogP contribution in [-0.2, 0) is 5.60 Å². The summed E-state index contributed by atoms with van der Waals surface area (Å²) in [4.78, 5) is 2.51. The fraction of sp³-hybridized carbons (Fsp3) is 0.429. The molecular weight excluding hydrogens is 282 g/mol. The van der Waals surface area contributed by atoms with Crippen LogP contribution in [-0.4, -0.2) is 29.6 Å². The monoisotopic (exact) mass is 307 g/mol. The number of rotatable bonds is 2. The van der Waals surface area contributed by atoms with Crippen LogP contribution in [0.2, 0.25) is 0 Å². The number of hydrogen-bond acceptors (Lipinski definition) is 2. The van der Waals surface area contributed by atoms with Crippen LogP contribution < -0.4 is 0 Å². The molecule has 1 aliphatic carbocycles. The number of aliphatic hydroxyl groups is 1. The molecule has 1 N–H and O–H groups in total. The van der Waals surface area contributed by atoms with Crippen LogP contribution in [0, 0.1) is 12.8 Å². The number of nitrogens with zero attached hydrogens (tertiary/aromatic N) is 1. The maximum atomic E-state index is 11.8. The average molecular weight is 307 g/mol. The standard InChI is InChI=1S/C21H25NO/c1-3-22-13-12-20-18(14-22)17-6-4-5-7-19(17)21(20,23)16-10-8-15(2)9-11-16/h4-11,18,20,23H,3,12-14H2,1-2H3/t18-,20-,21?/m1/s1. The summed E-state index contributed by atoms with van der Waals surface area (Å²) in [7, 11) is 0. The number of likely N-dealkylation sites (tertiary alicyclic amines) is 1. The van der Waals surface area contributed by atoms with E-state index in [0.29, 0.717) is 5.92 Å². The minimum atomic E-state index is -0.839. The zero-order valence-electron chi connectivity index (χ0n) is 14.0. The minimum absolute atomic E-state index is 0.283. The molecule has 2 heteroatoms. The fourth-order valence-electron chi connectivity index (χ4n) is 4.67. The predicted molar refractivity (Wildman–Crippen MR) is 93.6 cm³/mol. The molecule has 2 aromatic carbocycles. The lowest BCUT2D eigenvalue weighted by Gasteiger charge is -2.40. The molecule has 0 spiro atoms. The Bertz CT molecular complexity index is 708. The van der Waals surface area contributed by atoms with E-state index in [1.54, 1.807) is 0 Å². The van der Waals surface area contributed by atoms with E-state index in [1.165, 1.54) is 11.1 Å². The van der Waals surface area contributed by atoms with Gasteiger partial charge in [0.05, 0.1) is 0 Å². The quantitative estimate of drug-likeness (QED) is 0.915. The molecule has 1 fully saturated rings. The summed E-state index contributed by atoms with van der Waals surface area (Å²) >= 11 is 0. The van der Waals surface area contributed by atoms with Crippen LogP contribution in [0.3, 0.4) is 0 Å². The van der Waals surface area contributed by atoms with Crippen molar-refractivity contribution in [1.29, 1.82) is 0 Å². The van der Waals surface area contributed by atoms with Gasteiger partial charge in [-0.2, -0.15) is 0 Å². The van der Waals surface area contributed by atoms with Gasteiger partial charge in [0, 0.05) is 18.4 Å². The van der Waals surface area contributed by atoms with Gasteiger partial charge in [-0.15, -0.1) is 0 Å². The van der Waals surface area contributed by atoms with E-state index >= 15 is 0 Å². The Labute approximate surface area is 138 Å². The number of piperidine rings is 1. The van der Waals surface area contributed by atoms with E-state index in [2.05, 4.69) is 67.3 Å². The van der Waals surface area contributed by atoms with Gasteiger partial charge in [-0.25, -0.2) is 0 Å². The zero-order chi connectivity index (χ0) is 16.0. The molecule has 1 saturated heterocycles. The molecule has 0 aromatic heterocycles. The van der Waals surface area contributed by atoms with E-state index in [0.717, 1.165) is 37.2 Å². The Morgan fingerprint density at radius 2 is 1.87 bits per heavy atom. The number of fused-ring (bicyclic) bond motifs is 3.